The van der Waals surface area contributed by atoms with Crippen molar-refractivity contribution in [1.82, 2.24) is 5.32 Å². The van der Waals surface area contributed by atoms with Gasteiger partial charge in [-0.2, -0.15) is 0 Å². The highest BCUT2D eigenvalue weighted by Crippen LogP contribution is 2.50. The number of hydrogen-bond acceptors (Lipinski definition) is 6. The van der Waals surface area contributed by atoms with Gasteiger partial charge in [0.05, 0.1) is 22.1 Å². The van der Waals surface area contributed by atoms with Gasteiger partial charge in [-0.25, -0.2) is 4.79 Å². The zero-order chi connectivity index (χ0) is 36.9. The van der Waals surface area contributed by atoms with Crippen LogP contribution >= 0.6 is 35.9 Å². The van der Waals surface area contributed by atoms with Crippen molar-refractivity contribution < 1.29 is 14.3 Å². The molecule has 0 aliphatic rings. The van der Waals surface area contributed by atoms with Crippen molar-refractivity contribution in [3.8, 4) is 0 Å². The van der Waals surface area contributed by atoms with Gasteiger partial charge in [0.2, 0.25) is 5.91 Å². The molecular formula is C46H45ClN2O3S2. The molecule has 6 rings (SSSR count). The van der Waals surface area contributed by atoms with E-state index in [4.69, 9.17) is 10.5 Å². The average molecular weight is 773 g/mol. The van der Waals surface area contributed by atoms with Crippen molar-refractivity contribution in [1.29, 1.82) is 0 Å². The highest BCUT2D eigenvalue weighted by molar-refractivity contribution is 8.01. The highest BCUT2D eigenvalue weighted by Gasteiger charge is 2.40. The molecule has 2 atom stereocenters. The maximum atomic E-state index is 14.1. The normalized spacial score (nSPS) is 12.5. The largest absolute Gasteiger partial charge is 0.464 e. The minimum absolute atomic E-state index is 0. The maximum absolute atomic E-state index is 14.1. The fourth-order valence-electron chi connectivity index (χ4n) is 6.73. The third kappa shape index (κ3) is 8.94. The standard InChI is InChI=1S/C46H44N2O3S2.ClH/c1-2-51-44(50)42(34-53-46(38-27-15-6-16-28-38,39-29-17-7-18-30-39)40-31-19-8-20-32-40)48-43(49)41(47)33-52-45(35-21-9-3-10-22-35,36-23-11-4-12-24-36)37-25-13-5-14-26-37;/h3-32,41-42H,2,33-34,47H2,1H3,(H,48,49);1H. The topological polar surface area (TPSA) is 81.4 Å². The van der Waals surface area contributed by atoms with Crippen LogP contribution in [-0.4, -0.2) is 42.1 Å². The molecule has 0 aliphatic heterocycles. The Morgan fingerprint density at radius 3 is 1.09 bits per heavy atom. The number of carbonyl (C=O) groups is 2. The summed E-state index contributed by atoms with van der Waals surface area (Å²) in [4.78, 5) is 27.7. The predicted octanol–water partition coefficient (Wildman–Crippen LogP) is 9.23. The van der Waals surface area contributed by atoms with Gasteiger partial charge in [0.25, 0.3) is 0 Å². The highest BCUT2D eigenvalue weighted by atomic mass is 35.5. The van der Waals surface area contributed by atoms with Gasteiger partial charge < -0.3 is 15.8 Å². The number of carbonyl (C=O) groups excluding carboxylic acids is 2. The number of amides is 1. The number of halogens is 1. The molecule has 5 nitrogen and oxygen atoms in total. The molecule has 3 N–H and O–H groups in total. The monoisotopic (exact) mass is 772 g/mol. The van der Waals surface area contributed by atoms with Gasteiger partial charge in [-0.15, -0.1) is 35.9 Å². The molecule has 0 saturated carbocycles. The molecule has 0 aromatic heterocycles. The third-order valence-electron chi connectivity index (χ3n) is 9.25. The Hall–Kier alpha value is -4.79. The second kappa shape index (κ2) is 19.5. The average Bonchev–Trinajstić information content (AvgIpc) is 3.23. The second-order valence-electron chi connectivity index (χ2n) is 12.6. The van der Waals surface area contributed by atoms with Crippen molar-refractivity contribution >= 4 is 47.8 Å². The lowest BCUT2D eigenvalue weighted by Crippen LogP contribution is -2.51. The Kier molecular flexibility index (Phi) is 14.6. The summed E-state index contributed by atoms with van der Waals surface area (Å²) >= 11 is 3.20. The lowest BCUT2D eigenvalue weighted by Gasteiger charge is -2.37. The number of nitrogens with two attached hydrogens (primary N) is 1. The smallest absolute Gasteiger partial charge is 0.329 e. The summed E-state index contributed by atoms with van der Waals surface area (Å²) in [5.74, 6) is -0.382. The van der Waals surface area contributed by atoms with Gasteiger partial charge in [0.15, 0.2) is 0 Å². The molecule has 0 saturated heterocycles. The fourth-order valence-corrected chi connectivity index (χ4v) is 9.76. The van der Waals surface area contributed by atoms with Crippen LogP contribution in [0.2, 0.25) is 0 Å². The maximum Gasteiger partial charge on any atom is 0.329 e. The van der Waals surface area contributed by atoms with E-state index in [0.29, 0.717) is 0 Å². The van der Waals surface area contributed by atoms with E-state index in [0.717, 1.165) is 33.4 Å². The Balaban J connectivity index is 0.00000561. The van der Waals surface area contributed by atoms with Crippen LogP contribution in [0, 0.1) is 0 Å². The molecule has 1 amide bonds. The molecule has 0 radical (unpaired) electrons. The van der Waals surface area contributed by atoms with Crippen molar-refractivity contribution in [2.45, 2.75) is 28.5 Å². The number of benzene rings is 6. The van der Waals surface area contributed by atoms with Crippen molar-refractivity contribution in [2.24, 2.45) is 5.73 Å². The molecule has 8 heteroatoms. The van der Waals surface area contributed by atoms with Crippen LogP contribution in [0.25, 0.3) is 0 Å². The van der Waals surface area contributed by atoms with E-state index < -0.39 is 33.5 Å². The van der Waals surface area contributed by atoms with Gasteiger partial charge >= 0.3 is 5.97 Å². The molecule has 276 valence electrons. The van der Waals surface area contributed by atoms with E-state index >= 15 is 0 Å². The lowest BCUT2D eigenvalue weighted by molar-refractivity contribution is -0.146. The van der Waals surface area contributed by atoms with Crippen molar-refractivity contribution in [3.05, 3.63) is 215 Å². The van der Waals surface area contributed by atoms with E-state index in [1.165, 1.54) is 0 Å². The van der Waals surface area contributed by atoms with E-state index in [2.05, 4.69) is 78.1 Å². The van der Waals surface area contributed by atoms with Crippen LogP contribution in [-0.2, 0) is 23.8 Å². The van der Waals surface area contributed by atoms with Crippen LogP contribution < -0.4 is 11.1 Å². The molecule has 0 bridgehead atoms. The molecule has 0 fully saturated rings. The SMILES string of the molecule is CCOC(=O)C(CSC(c1ccccc1)(c1ccccc1)c1ccccc1)NC(=O)C(N)CSC(c1ccccc1)(c1ccccc1)c1ccccc1.Cl. The summed E-state index contributed by atoms with van der Waals surface area (Å²) < 4.78 is 4.22. The Morgan fingerprint density at radius 1 is 0.537 bits per heavy atom. The Morgan fingerprint density at radius 2 is 0.815 bits per heavy atom. The molecule has 0 heterocycles. The zero-order valence-electron chi connectivity index (χ0n) is 30.1. The summed E-state index contributed by atoms with van der Waals surface area (Å²) in [6, 6.07) is 59.8. The summed E-state index contributed by atoms with van der Waals surface area (Å²) in [6.45, 7) is 1.96. The number of nitrogens with one attached hydrogen (secondary N) is 1. The van der Waals surface area contributed by atoms with Crippen molar-refractivity contribution in [2.75, 3.05) is 18.1 Å². The van der Waals surface area contributed by atoms with Gasteiger partial charge in [-0.1, -0.05) is 182 Å². The first-order valence-electron chi connectivity index (χ1n) is 17.8. The van der Waals surface area contributed by atoms with Gasteiger partial charge in [0, 0.05) is 11.5 Å². The molecule has 0 spiro atoms. The first-order valence-corrected chi connectivity index (χ1v) is 19.8. The minimum atomic E-state index is -0.943. The molecular weight excluding hydrogens is 728 g/mol. The van der Waals surface area contributed by atoms with E-state index in [-0.39, 0.29) is 30.5 Å². The van der Waals surface area contributed by atoms with E-state index in [1.54, 1.807) is 30.4 Å². The lowest BCUT2D eigenvalue weighted by atomic mass is 9.84. The Labute approximate surface area is 333 Å². The molecule has 54 heavy (non-hydrogen) atoms. The van der Waals surface area contributed by atoms with Gasteiger partial charge in [0.1, 0.15) is 6.04 Å². The minimum Gasteiger partial charge on any atom is -0.464 e. The molecule has 2 unspecified atom stereocenters. The first kappa shape index (κ1) is 40.4. The van der Waals surface area contributed by atoms with Gasteiger partial charge in [-0.3, -0.25) is 4.79 Å². The van der Waals surface area contributed by atoms with Crippen LogP contribution in [0.15, 0.2) is 182 Å². The first-order chi connectivity index (χ1) is 26.0. The zero-order valence-corrected chi connectivity index (χ0v) is 32.6. The number of rotatable bonds is 16. The quantitative estimate of drug-likeness (QED) is 0.0755. The van der Waals surface area contributed by atoms with Gasteiger partial charge in [-0.05, 0) is 40.3 Å². The molecule has 6 aromatic carbocycles. The van der Waals surface area contributed by atoms with Crippen molar-refractivity contribution in [3.63, 3.8) is 0 Å². The Bertz CT molecular complexity index is 1830. The number of ether oxygens (including phenoxy) is 1. The van der Waals surface area contributed by atoms with Crippen LogP contribution in [0.5, 0.6) is 0 Å². The summed E-state index contributed by atoms with van der Waals surface area (Å²) in [6.07, 6.45) is 0. The second-order valence-corrected chi connectivity index (χ2v) is 15.1. The summed E-state index contributed by atoms with van der Waals surface area (Å²) in [5, 5.41) is 3.01. The predicted molar refractivity (Wildman–Crippen MR) is 227 cm³/mol. The van der Waals surface area contributed by atoms with Crippen LogP contribution in [0.1, 0.15) is 40.3 Å². The number of hydrogen-bond donors (Lipinski definition) is 2. The molecule has 6 aromatic rings. The number of thioether (sulfide) groups is 2. The summed E-state index contributed by atoms with van der Waals surface area (Å²) in [7, 11) is 0. The summed E-state index contributed by atoms with van der Waals surface area (Å²) in [5.41, 5.74) is 13.2. The fraction of sp³-hybridized carbons (Fsp3) is 0.174. The molecule has 0 aliphatic carbocycles. The number of esters is 1. The van der Waals surface area contributed by atoms with E-state index in [9.17, 15) is 9.59 Å². The van der Waals surface area contributed by atoms with Crippen LogP contribution in [0.4, 0.5) is 0 Å². The van der Waals surface area contributed by atoms with E-state index in [1.807, 2.05) is 109 Å². The van der Waals surface area contributed by atoms with Crippen LogP contribution in [0.3, 0.4) is 0 Å². The third-order valence-corrected chi connectivity index (χ3v) is 12.6.